The number of nitrogens with one attached hydrogen (secondary N) is 1. The first-order valence-corrected chi connectivity index (χ1v) is 10.0. The topological polar surface area (TPSA) is 121 Å². The summed E-state index contributed by atoms with van der Waals surface area (Å²) in [5, 5.41) is 32.5. The molecule has 1 aliphatic carbocycles. The molecule has 3 rings (SSSR count). The predicted molar refractivity (Wildman–Crippen MR) is 107 cm³/mol. The van der Waals surface area contributed by atoms with Crippen molar-refractivity contribution in [3.05, 3.63) is 18.0 Å². The molecule has 1 atom stereocenters. The average Bonchev–Trinajstić information content (AvgIpc) is 2.72. The number of fused-ring (bicyclic) bond motifs is 1. The van der Waals surface area contributed by atoms with E-state index in [1.165, 1.54) is 0 Å². The number of anilines is 1. The number of hydrogen-bond donors (Lipinski definition) is 4. The monoisotopic (exact) mass is 390 g/mol. The van der Waals surface area contributed by atoms with Gasteiger partial charge in [0.05, 0.1) is 30.2 Å². The molecule has 0 unspecified atom stereocenters. The molecule has 8 nitrogen and oxygen atoms in total. The SMILES string of the molecule is CC[C@H](C)Nc1ncc2c(OC(CO)CO)ncc(C3CCC(O)CC3)c2n1. The lowest BCUT2D eigenvalue weighted by atomic mass is 9.83. The summed E-state index contributed by atoms with van der Waals surface area (Å²) in [7, 11) is 0. The van der Waals surface area contributed by atoms with Gasteiger partial charge in [0.2, 0.25) is 11.8 Å². The molecule has 1 fully saturated rings. The molecular weight excluding hydrogens is 360 g/mol. The Hall–Kier alpha value is -2.03. The van der Waals surface area contributed by atoms with Crippen LogP contribution in [0.4, 0.5) is 5.95 Å². The summed E-state index contributed by atoms with van der Waals surface area (Å²) in [6, 6.07) is 0.247. The Morgan fingerprint density at radius 1 is 1.14 bits per heavy atom. The first-order chi connectivity index (χ1) is 13.5. The molecule has 2 aromatic heterocycles. The summed E-state index contributed by atoms with van der Waals surface area (Å²) in [4.78, 5) is 13.6. The Balaban J connectivity index is 2.01. The van der Waals surface area contributed by atoms with Crippen molar-refractivity contribution in [1.82, 2.24) is 15.0 Å². The van der Waals surface area contributed by atoms with Gasteiger partial charge in [-0.1, -0.05) is 6.92 Å². The van der Waals surface area contributed by atoms with Crippen molar-refractivity contribution in [1.29, 1.82) is 0 Å². The highest BCUT2D eigenvalue weighted by molar-refractivity contribution is 5.86. The van der Waals surface area contributed by atoms with E-state index >= 15 is 0 Å². The van der Waals surface area contributed by atoms with Gasteiger partial charge in [0.15, 0.2) is 0 Å². The molecule has 8 heteroatoms. The predicted octanol–water partition coefficient (Wildman–Crippen LogP) is 1.99. The van der Waals surface area contributed by atoms with Crippen LogP contribution in [0.1, 0.15) is 57.4 Å². The quantitative estimate of drug-likeness (QED) is 0.540. The minimum absolute atomic E-state index is 0.231. The third-order valence-corrected chi connectivity index (χ3v) is 5.42. The van der Waals surface area contributed by atoms with Crippen LogP contribution in [0.3, 0.4) is 0 Å². The zero-order valence-electron chi connectivity index (χ0n) is 16.5. The minimum Gasteiger partial charge on any atom is -0.469 e. The van der Waals surface area contributed by atoms with Crippen molar-refractivity contribution < 1.29 is 20.1 Å². The second kappa shape index (κ2) is 9.45. The molecular formula is C20H30N4O4. The van der Waals surface area contributed by atoms with Gasteiger partial charge >= 0.3 is 0 Å². The Labute approximate surface area is 165 Å². The van der Waals surface area contributed by atoms with E-state index in [4.69, 9.17) is 9.72 Å². The number of pyridine rings is 1. The maximum Gasteiger partial charge on any atom is 0.224 e. The van der Waals surface area contributed by atoms with Crippen LogP contribution in [-0.2, 0) is 0 Å². The standard InChI is InChI=1S/C20H30N4O4/c1-3-12(2)23-20-22-9-17-18(24-20)16(13-4-6-14(27)7-5-13)8-21-19(17)28-15(10-25)11-26/h8-9,12-15,25-27H,3-7,10-11H2,1-2H3,(H,22,23,24)/t12-,13?,14?/m0/s1. The summed E-state index contributed by atoms with van der Waals surface area (Å²) in [5.41, 5.74) is 1.79. The largest absolute Gasteiger partial charge is 0.469 e. The Morgan fingerprint density at radius 3 is 2.50 bits per heavy atom. The van der Waals surface area contributed by atoms with Gasteiger partial charge < -0.3 is 25.4 Å². The lowest BCUT2D eigenvalue weighted by Crippen LogP contribution is -2.26. The van der Waals surface area contributed by atoms with E-state index in [-0.39, 0.29) is 31.3 Å². The number of hydrogen-bond acceptors (Lipinski definition) is 8. The van der Waals surface area contributed by atoms with E-state index in [2.05, 4.69) is 29.1 Å². The fourth-order valence-electron chi connectivity index (χ4n) is 3.48. The van der Waals surface area contributed by atoms with Gasteiger partial charge in [-0.3, -0.25) is 0 Å². The van der Waals surface area contributed by atoms with E-state index in [1.54, 1.807) is 12.4 Å². The van der Waals surface area contributed by atoms with Crippen LogP contribution in [-0.4, -0.2) is 61.7 Å². The van der Waals surface area contributed by atoms with Crippen LogP contribution >= 0.6 is 0 Å². The summed E-state index contributed by atoms with van der Waals surface area (Å²) < 4.78 is 5.68. The highest BCUT2D eigenvalue weighted by Gasteiger charge is 2.25. The molecule has 154 valence electrons. The molecule has 0 saturated heterocycles. The molecule has 0 radical (unpaired) electrons. The van der Waals surface area contributed by atoms with Gasteiger partial charge in [-0.2, -0.15) is 0 Å². The van der Waals surface area contributed by atoms with Gasteiger partial charge in [-0.25, -0.2) is 15.0 Å². The second-order valence-electron chi connectivity index (χ2n) is 7.54. The summed E-state index contributed by atoms with van der Waals surface area (Å²) in [6.07, 6.45) is 6.73. The zero-order valence-corrected chi connectivity index (χ0v) is 16.5. The lowest BCUT2D eigenvalue weighted by molar-refractivity contribution is 0.0608. The van der Waals surface area contributed by atoms with Crippen LogP contribution < -0.4 is 10.1 Å². The van der Waals surface area contributed by atoms with E-state index in [0.29, 0.717) is 17.2 Å². The second-order valence-corrected chi connectivity index (χ2v) is 7.54. The summed E-state index contributed by atoms with van der Waals surface area (Å²) >= 11 is 0. The maximum absolute atomic E-state index is 9.84. The molecule has 0 bridgehead atoms. The molecule has 1 aliphatic rings. The van der Waals surface area contributed by atoms with Gasteiger partial charge in [0, 0.05) is 24.0 Å². The fourth-order valence-corrected chi connectivity index (χ4v) is 3.48. The molecule has 28 heavy (non-hydrogen) atoms. The number of nitrogens with zero attached hydrogens (tertiary/aromatic N) is 3. The number of aromatic nitrogens is 3. The number of aliphatic hydroxyl groups excluding tert-OH is 3. The van der Waals surface area contributed by atoms with Crippen molar-refractivity contribution in [3.63, 3.8) is 0 Å². The van der Waals surface area contributed by atoms with Crippen molar-refractivity contribution in [2.24, 2.45) is 0 Å². The minimum atomic E-state index is -0.746. The number of aliphatic hydroxyl groups is 3. The smallest absolute Gasteiger partial charge is 0.224 e. The highest BCUT2D eigenvalue weighted by Crippen LogP contribution is 2.37. The summed E-state index contributed by atoms with van der Waals surface area (Å²) in [6.45, 7) is 3.55. The Kier molecular flexibility index (Phi) is 6.98. The molecule has 0 aromatic carbocycles. The third kappa shape index (κ3) is 4.68. The van der Waals surface area contributed by atoms with Crippen molar-refractivity contribution in [2.45, 2.75) is 70.1 Å². The van der Waals surface area contributed by atoms with Crippen LogP contribution in [0.15, 0.2) is 12.4 Å². The van der Waals surface area contributed by atoms with E-state index in [1.807, 2.05) is 0 Å². The van der Waals surface area contributed by atoms with E-state index < -0.39 is 6.10 Å². The summed E-state index contributed by atoms with van der Waals surface area (Å²) in [5.74, 6) is 1.13. The van der Waals surface area contributed by atoms with Gasteiger partial charge in [0.1, 0.15) is 6.10 Å². The molecule has 2 heterocycles. The molecule has 4 N–H and O–H groups in total. The molecule has 0 amide bonds. The molecule has 1 saturated carbocycles. The molecule has 0 spiro atoms. The maximum atomic E-state index is 9.84. The van der Waals surface area contributed by atoms with E-state index in [9.17, 15) is 15.3 Å². The van der Waals surface area contributed by atoms with Crippen LogP contribution in [0.2, 0.25) is 0 Å². The third-order valence-electron chi connectivity index (χ3n) is 5.42. The normalized spacial score (nSPS) is 21.1. The van der Waals surface area contributed by atoms with Gasteiger partial charge in [-0.05, 0) is 44.9 Å². The molecule has 0 aliphatic heterocycles. The van der Waals surface area contributed by atoms with Crippen molar-refractivity contribution >= 4 is 16.9 Å². The van der Waals surface area contributed by atoms with Crippen molar-refractivity contribution in [3.8, 4) is 5.88 Å². The first-order valence-electron chi connectivity index (χ1n) is 10.0. The van der Waals surface area contributed by atoms with Crippen LogP contribution in [0, 0.1) is 0 Å². The van der Waals surface area contributed by atoms with Crippen molar-refractivity contribution in [2.75, 3.05) is 18.5 Å². The fraction of sp³-hybridized carbons (Fsp3) is 0.650. The lowest BCUT2D eigenvalue weighted by Gasteiger charge is -2.26. The van der Waals surface area contributed by atoms with E-state index in [0.717, 1.165) is 43.2 Å². The zero-order chi connectivity index (χ0) is 20.1. The Morgan fingerprint density at radius 2 is 1.86 bits per heavy atom. The van der Waals surface area contributed by atoms with Gasteiger partial charge in [0.25, 0.3) is 0 Å². The molecule has 2 aromatic rings. The van der Waals surface area contributed by atoms with Gasteiger partial charge in [-0.15, -0.1) is 0 Å². The van der Waals surface area contributed by atoms with Crippen LogP contribution in [0.5, 0.6) is 5.88 Å². The van der Waals surface area contributed by atoms with Crippen LogP contribution in [0.25, 0.3) is 10.9 Å². The first kappa shape index (κ1) is 20.7. The average molecular weight is 390 g/mol. The highest BCUT2D eigenvalue weighted by atomic mass is 16.5. The Bertz CT molecular complexity index is 776. The number of rotatable bonds is 8. The number of ether oxygens (including phenoxy) is 1.